The molecule has 0 aliphatic rings. The van der Waals surface area contributed by atoms with E-state index >= 15 is 0 Å². The normalized spacial score (nSPS) is 6.75. The van der Waals surface area contributed by atoms with Gasteiger partial charge in [-0.05, 0) is 0 Å². The van der Waals surface area contributed by atoms with Gasteiger partial charge in [0.15, 0.2) is 0 Å². The monoisotopic (exact) mass is 137 g/mol. The highest BCUT2D eigenvalue weighted by molar-refractivity contribution is 7.60. The Morgan fingerprint density at radius 3 is 1.38 bits per heavy atom. The Hall–Kier alpha value is -0.380. The topological polar surface area (TPSA) is 58.0 Å². The van der Waals surface area contributed by atoms with Crippen LogP contribution in [0.1, 0.15) is 26.7 Å². The molecule has 0 aromatic carbocycles. The minimum atomic E-state index is -2.61. The Kier molecular flexibility index (Phi) is 12.9. The first-order chi connectivity index (χ1) is 3.65. The second-order valence-corrected chi connectivity index (χ2v) is 1.70. The van der Waals surface area contributed by atoms with Crippen molar-refractivity contribution in [2.75, 3.05) is 0 Å². The van der Waals surface area contributed by atoms with Crippen molar-refractivity contribution >= 4 is 10.5 Å². The fraction of sp³-hybridized carbons (Fsp3) is 1.00. The van der Waals surface area contributed by atoms with E-state index in [0.29, 0.717) is 0 Å². The zero-order valence-corrected chi connectivity index (χ0v) is 5.96. The Morgan fingerprint density at radius 1 is 1.25 bits per heavy atom. The Labute approximate surface area is 51.2 Å². The summed E-state index contributed by atoms with van der Waals surface area (Å²) >= 11 is 0. The maximum absolute atomic E-state index is 8.67. The SMILES string of the molecule is CCCC.N=S(=O)=O. The number of rotatable bonds is 1. The first-order valence-electron chi connectivity index (χ1n) is 2.45. The highest BCUT2D eigenvalue weighted by atomic mass is 32.2. The minimum Gasteiger partial charge on any atom is -0.188 e. The van der Waals surface area contributed by atoms with E-state index < -0.39 is 10.5 Å². The summed E-state index contributed by atoms with van der Waals surface area (Å²) in [5.74, 6) is 0. The smallest absolute Gasteiger partial charge is 0.188 e. The second-order valence-electron chi connectivity index (χ2n) is 1.23. The van der Waals surface area contributed by atoms with Crippen LogP contribution in [0.25, 0.3) is 0 Å². The molecule has 0 bridgehead atoms. The summed E-state index contributed by atoms with van der Waals surface area (Å²) in [5, 5.41) is 0. The van der Waals surface area contributed by atoms with Crippen molar-refractivity contribution in [3.63, 3.8) is 0 Å². The van der Waals surface area contributed by atoms with Gasteiger partial charge in [0.2, 0.25) is 0 Å². The highest BCUT2D eigenvalue weighted by Crippen LogP contribution is 1.76. The van der Waals surface area contributed by atoms with Crippen LogP contribution in [0.4, 0.5) is 0 Å². The van der Waals surface area contributed by atoms with Crippen LogP contribution in [0.15, 0.2) is 0 Å². The van der Waals surface area contributed by atoms with Crippen molar-refractivity contribution in [2.24, 2.45) is 0 Å². The van der Waals surface area contributed by atoms with Gasteiger partial charge >= 0.3 is 10.5 Å². The third kappa shape index (κ3) is 312. The molecule has 3 nitrogen and oxygen atoms in total. The Bertz CT molecular complexity index is 103. The summed E-state index contributed by atoms with van der Waals surface area (Å²) < 4.78 is 22.8. The third-order valence-electron chi connectivity index (χ3n) is 0.500. The molecule has 0 amide bonds. The van der Waals surface area contributed by atoms with Crippen molar-refractivity contribution in [3.8, 4) is 0 Å². The average molecular weight is 137 g/mol. The number of nitrogens with one attached hydrogen (secondary N) is 1. The molecule has 0 saturated carbocycles. The maximum atomic E-state index is 8.67. The van der Waals surface area contributed by atoms with Crippen LogP contribution in [0, 0.1) is 4.78 Å². The predicted octanol–water partition coefficient (Wildman–Crippen LogP) is 1.43. The largest absolute Gasteiger partial charge is 0.308 e. The van der Waals surface area contributed by atoms with Gasteiger partial charge in [0, 0.05) is 0 Å². The molecule has 4 heteroatoms. The number of hydrogen-bond donors (Lipinski definition) is 1. The van der Waals surface area contributed by atoms with E-state index in [1.54, 1.807) is 0 Å². The van der Waals surface area contributed by atoms with Gasteiger partial charge < -0.3 is 0 Å². The lowest BCUT2D eigenvalue weighted by molar-refractivity contribution is 0.620. The van der Waals surface area contributed by atoms with E-state index in [-0.39, 0.29) is 0 Å². The van der Waals surface area contributed by atoms with Gasteiger partial charge in [0.05, 0.1) is 0 Å². The van der Waals surface area contributed by atoms with E-state index in [4.69, 9.17) is 13.2 Å². The molecule has 50 valence electrons. The maximum Gasteiger partial charge on any atom is 0.308 e. The summed E-state index contributed by atoms with van der Waals surface area (Å²) in [4.78, 5) is 0. The molecule has 1 N–H and O–H groups in total. The van der Waals surface area contributed by atoms with Crippen molar-refractivity contribution < 1.29 is 8.42 Å². The number of unbranched alkanes of at least 4 members (excludes halogenated alkanes) is 1. The molecule has 0 spiro atoms. The van der Waals surface area contributed by atoms with Crippen LogP contribution in [0.2, 0.25) is 0 Å². The van der Waals surface area contributed by atoms with Crippen molar-refractivity contribution in [1.82, 2.24) is 0 Å². The van der Waals surface area contributed by atoms with Gasteiger partial charge in [-0.2, -0.15) is 13.2 Å². The van der Waals surface area contributed by atoms with E-state index in [1.807, 2.05) is 0 Å². The van der Waals surface area contributed by atoms with Crippen LogP contribution in [-0.4, -0.2) is 8.42 Å². The first-order valence-corrected chi connectivity index (χ1v) is 3.53. The molecular formula is C4H11NO2S. The van der Waals surface area contributed by atoms with Crippen LogP contribution in [0.5, 0.6) is 0 Å². The van der Waals surface area contributed by atoms with E-state index in [0.717, 1.165) is 0 Å². The standard InChI is InChI=1S/C4H10.HNO2S/c1-3-4-2;1-4(2)3/h3-4H2,1-2H3;1H. The van der Waals surface area contributed by atoms with Gasteiger partial charge in [-0.1, -0.05) is 26.7 Å². The highest BCUT2D eigenvalue weighted by Gasteiger charge is 1.56. The third-order valence-corrected chi connectivity index (χ3v) is 0.500. The summed E-state index contributed by atoms with van der Waals surface area (Å²) in [6, 6.07) is 0. The van der Waals surface area contributed by atoms with Gasteiger partial charge in [-0.3, -0.25) is 0 Å². The lowest BCUT2D eigenvalue weighted by Gasteiger charge is -1.68. The summed E-state index contributed by atoms with van der Waals surface area (Å²) in [7, 11) is -2.61. The van der Waals surface area contributed by atoms with Crippen molar-refractivity contribution in [2.45, 2.75) is 26.7 Å². The Morgan fingerprint density at radius 2 is 1.38 bits per heavy atom. The molecule has 0 aliphatic carbocycles. The van der Waals surface area contributed by atoms with Crippen LogP contribution < -0.4 is 0 Å². The average Bonchev–Trinajstić information content (AvgIpc) is 1.65. The van der Waals surface area contributed by atoms with Crippen molar-refractivity contribution in [1.29, 1.82) is 4.78 Å². The minimum absolute atomic E-state index is 1.32. The number of hydrogen-bond acceptors (Lipinski definition) is 3. The molecule has 0 atom stereocenters. The van der Waals surface area contributed by atoms with E-state index in [9.17, 15) is 0 Å². The van der Waals surface area contributed by atoms with Crippen LogP contribution in [-0.2, 0) is 10.5 Å². The predicted molar refractivity (Wildman–Crippen MR) is 32.2 cm³/mol. The molecule has 0 rings (SSSR count). The fourth-order valence-electron chi connectivity index (χ4n) is 0. The molecule has 0 saturated heterocycles. The quantitative estimate of drug-likeness (QED) is 0.594. The van der Waals surface area contributed by atoms with Crippen LogP contribution in [0.3, 0.4) is 0 Å². The van der Waals surface area contributed by atoms with Gasteiger partial charge in [-0.25, -0.2) is 0 Å². The zero-order valence-electron chi connectivity index (χ0n) is 5.14. The molecule has 0 unspecified atom stereocenters. The summed E-state index contributed by atoms with van der Waals surface area (Å²) in [5.41, 5.74) is 0. The second kappa shape index (κ2) is 9.80. The molecule has 8 heavy (non-hydrogen) atoms. The molecule has 0 fully saturated rings. The van der Waals surface area contributed by atoms with Gasteiger partial charge in [0.1, 0.15) is 0 Å². The fourth-order valence-corrected chi connectivity index (χ4v) is 0. The van der Waals surface area contributed by atoms with Crippen LogP contribution >= 0.6 is 0 Å². The summed E-state index contributed by atoms with van der Waals surface area (Å²) in [6.45, 7) is 4.36. The Balaban J connectivity index is 0. The lowest BCUT2D eigenvalue weighted by atomic mass is 10.4. The first kappa shape index (κ1) is 10.6. The zero-order chi connectivity index (χ0) is 6.99. The van der Waals surface area contributed by atoms with Crippen molar-refractivity contribution in [3.05, 3.63) is 0 Å². The van der Waals surface area contributed by atoms with Gasteiger partial charge in [0.25, 0.3) is 0 Å². The van der Waals surface area contributed by atoms with Gasteiger partial charge in [-0.15, -0.1) is 0 Å². The molecule has 0 aromatic heterocycles. The van der Waals surface area contributed by atoms with E-state index in [1.165, 1.54) is 12.8 Å². The molecule has 0 aliphatic heterocycles. The summed E-state index contributed by atoms with van der Waals surface area (Å²) in [6.07, 6.45) is 2.64. The molecule has 0 radical (unpaired) electrons. The molecule has 0 heterocycles. The lowest BCUT2D eigenvalue weighted by Crippen LogP contribution is -1.47. The molecule has 0 aromatic rings. The van der Waals surface area contributed by atoms with E-state index in [2.05, 4.69) is 13.8 Å². The molecular weight excluding hydrogens is 126 g/mol.